The summed E-state index contributed by atoms with van der Waals surface area (Å²) in [6.07, 6.45) is 0.451. The maximum atomic E-state index is 14.6. The fraction of sp³-hybridized carbons (Fsp3) is 0.417. The van der Waals surface area contributed by atoms with Crippen molar-refractivity contribution in [2.75, 3.05) is 33.8 Å². The minimum absolute atomic E-state index is 0.151. The average Bonchev–Trinajstić information content (AvgIpc) is 2.81. The summed E-state index contributed by atoms with van der Waals surface area (Å²) in [6, 6.07) is 9.59. The van der Waals surface area contributed by atoms with Crippen molar-refractivity contribution in [3.8, 4) is 5.75 Å². The molecular weight excluding hydrogens is 461 g/mol. The van der Waals surface area contributed by atoms with Crippen LogP contribution in [-0.4, -0.2) is 63.2 Å². The molecule has 0 spiro atoms. The number of hydrogen-bond donors (Lipinski definition) is 1. The number of halogens is 1. The smallest absolute Gasteiger partial charge is 0.259 e. The molecule has 0 bridgehead atoms. The molecule has 2 aromatic rings. The molecule has 0 saturated heterocycles. The zero-order valence-corrected chi connectivity index (χ0v) is 21.0. The predicted molar refractivity (Wildman–Crippen MR) is 128 cm³/mol. The first kappa shape index (κ1) is 27.3. The molecular formula is C24H32FN3O5S. The molecule has 0 aliphatic carbocycles. The Kier molecular flexibility index (Phi) is 9.57. The van der Waals surface area contributed by atoms with Gasteiger partial charge in [0, 0.05) is 32.7 Å². The van der Waals surface area contributed by atoms with Gasteiger partial charge in [0.05, 0.1) is 16.5 Å². The lowest BCUT2D eigenvalue weighted by Gasteiger charge is -2.22. The van der Waals surface area contributed by atoms with Crippen molar-refractivity contribution in [2.24, 2.45) is 0 Å². The molecule has 10 heteroatoms. The lowest BCUT2D eigenvalue weighted by molar-refractivity contribution is -0.130. The van der Waals surface area contributed by atoms with Gasteiger partial charge in [-0.2, -0.15) is 4.31 Å². The third-order valence-electron chi connectivity index (χ3n) is 5.38. The van der Waals surface area contributed by atoms with Gasteiger partial charge in [-0.1, -0.05) is 39.0 Å². The molecule has 34 heavy (non-hydrogen) atoms. The van der Waals surface area contributed by atoms with Crippen LogP contribution in [0, 0.1) is 5.82 Å². The molecule has 1 unspecified atom stereocenters. The molecule has 0 aromatic heterocycles. The average molecular weight is 494 g/mol. The van der Waals surface area contributed by atoms with Gasteiger partial charge in [-0.3, -0.25) is 9.59 Å². The van der Waals surface area contributed by atoms with E-state index in [4.69, 9.17) is 4.74 Å². The highest BCUT2D eigenvalue weighted by Crippen LogP contribution is 2.28. The second kappa shape index (κ2) is 11.9. The number of carbonyl (C=O) groups is 2. The number of rotatable bonds is 11. The number of likely N-dealkylation sites (N-methyl/N-ethyl adjacent to an activating group) is 1. The van der Waals surface area contributed by atoms with E-state index >= 15 is 0 Å². The number of hydrogen-bond acceptors (Lipinski definition) is 5. The van der Waals surface area contributed by atoms with E-state index in [-0.39, 0.29) is 36.1 Å². The van der Waals surface area contributed by atoms with Crippen LogP contribution in [0.2, 0.25) is 0 Å². The first-order valence-electron chi connectivity index (χ1n) is 11.1. The molecule has 0 heterocycles. The molecule has 1 atom stereocenters. The fourth-order valence-corrected chi connectivity index (χ4v) is 4.84. The number of nitrogens with one attached hydrogen (secondary N) is 1. The Bertz CT molecular complexity index is 1120. The zero-order valence-electron chi connectivity index (χ0n) is 20.2. The Hall–Kier alpha value is -2.98. The van der Waals surface area contributed by atoms with E-state index in [0.717, 1.165) is 18.2 Å². The van der Waals surface area contributed by atoms with Gasteiger partial charge < -0.3 is 15.0 Å². The van der Waals surface area contributed by atoms with Gasteiger partial charge in [0.15, 0.2) is 6.61 Å². The number of amides is 2. The molecule has 8 nitrogen and oxygen atoms in total. The van der Waals surface area contributed by atoms with Gasteiger partial charge in [-0.05, 0) is 30.7 Å². The van der Waals surface area contributed by atoms with E-state index in [1.165, 1.54) is 9.21 Å². The molecule has 0 fully saturated rings. The summed E-state index contributed by atoms with van der Waals surface area (Å²) in [5.41, 5.74) is 0.255. The lowest BCUT2D eigenvalue weighted by atomic mass is 10.0. The summed E-state index contributed by atoms with van der Waals surface area (Å²) >= 11 is 0. The number of benzene rings is 2. The molecule has 2 aromatic carbocycles. The first-order valence-corrected chi connectivity index (χ1v) is 12.5. The van der Waals surface area contributed by atoms with Gasteiger partial charge >= 0.3 is 0 Å². The molecule has 2 amide bonds. The van der Waals surface area contributed by atoms with Crippen molar-refractivity contribution in [3.05, 3.63) is 59.4 Å². The van der Waals surface area contributed by atoms with Crippen molar-refractivity contribution >= 4 is 21.8 Å². The van der Waals surface area contributed by atoms with Crippen molar-refractivity contribution in [3.63, 3.8) is 0 Å². The van der Waals surface area contributed by atoms with Gasteiger partial charge in [0.2, 0.25) is 10.0 Å². The number of nitrogens with zero attached hydrogens (tertiary/aromatic N) is 2. The Morgan fingerprint density at radius 3 is 2.29 bits per heavy atom. The normalized spacial score (nSPS) is 12.3. The third-order valence-corrected chi connectivity index (χ3v) is 7.43. The number of sulfonamides is 1. The van der Waals surface area contributed by atoms with Crippen LogP contribution in [0.1, 0.15) is 49.2 Å². The molecule has 2 rings (SSSR count). The number of para-hydroxylation sites is 1. The molecule has 186 valence electrons. The van der Waals surface area contributed by atoms with Crippen LogP contribution in [0.25, 0.3) is 0 Å². The standard InChI is InChI=1S/C24H32FN3O5S/c1-6-21(18-11-9-10-12-22(18)33-16-23(29)27(4)5)26-24(30)19-15-17(13-14-20(19)25)34(31,32)28(7-2)8-3/h9-15,21H,6-8,16H2,1-5H3,(H,26,30). The van der Waals surface area contributed by atoms with Crippen LogP contribution in [0.5, 0.6) is 5.75 Å². The highest BCUT2D eigenvalue weighted by molar-refractivity contribution is 7.89. The van der Waals surface area contributed by atoms with Crippen LogP contribution < -0.4 is 10.1 Å². The van der Waals surface area contributed by atoms with Crippen molar-refractivity contribution in [1.82, 2.24) is 14.5 Å². The highest BCUT2D eigenvalue weighted by atomic mass is 32.2. The van der Waals surface area contributed by atoms with E-state index in [1.807, 2.05) is 6.92 Å². The molecule has 0 aliphatic heterocycles. The SMILES string of the molecule is CCC(NC(=O)c1cc(S(=O)(=O)N(CC)CC)ccc1F)c1ccccc1OCC(=O)N(C)C. The minimum atomic E-state index is -3.86. The van der Waals surface area contributed by atoms with Crippen LogP contribution in [0.4, 0.5) is 4.39 Å². The summed E-state index contributed by atoms with van der Waals surface area (Å²) in [5.74, 6) is -1.38. The largest absolute Gasteiger partial charge is 0.483 e. The number of carbonyl (C=O) groups excluding carboxylic acids is 2. The summed E-state index contributed by atoms with van der Waals surface area (Å²) in [6.45, 7) is 5.58. The van der Waals surface area contributed by atoms with E-state index in [2.05, 4.69) is 5.32 Å². The maximum Gasteiger partial charge on any atom is 0.259 e. The van der Waals surface area contributed by atoms with Crippen molar-refractivity contribution in [1.29, 1.82) is 0 Å². The first-order chi connectivity index (χ1) is 16.1. The predicted octanol–water partition coefficient (Wildman–Crippen LogP) is 3.20. The van der Waals surface area contributed by atoms with Gasteiger partial charge in [0.1, 0.15) is 11.6 Å². The van der Waals surface area contributed by atoms with Crippen LogP contribution in [0.15, 0.2) is 47.4 Å². The highest BCUT2D eigenvalue weighted by Gasteiger charge is 2.26. The Morgan fingerprint density at radius 1 is 1.06 bits per heavy atom. The Morgan fingerprint density at radius 2 is 1.71 bits per heavy atom. The monoisotopic (exact) mass is 493 g/mol. The fourth-order valence-electron chi connectivity index (χ4n) is 3.36. The minimum Gasteiger partial charge on any atom is -0.483 e. The molecule has 1 N–H and O–H groups in total. The van der Waals surface area contributed by atoms with Crippen LogP contribution in [-0.2, 0) is 14.8 Å². The Balaban J connectivity index is 2.32. The van der Waals surface area contributed by atoms with E-state index in [9.17, 15) is 22.4 Å². The molecule has 0 saturated carbocycles. The topological polar surface area (TPSA) is 96.0 Å². The summed E-state index contributed by atoms with van der Waals surface area (Å²) < 4.78 is 47.1. The second-order valence-corrected chi connectivity index (χ2v) is 9.72. The second-order valence-electron chi connectivity index (χ2n) is 7.78. The summed E-state index contributed by atoms with van der Waals surface area (Å²) in [7, 11) is -0.617. The molecule has 0 radical (unpaired) electrons. The Labute approximate surface area is 200 Å². The maximum absolute atomic E-state index is 14.6. The van der Waals surface area contributed by atoms with Gasteiger partial charge in [-0.25, -0.2) is 12.8 Å². The van der Waals surface area contributed by atoms with E-state index < -0.39 is 27.8 Å². The summed E-state index contributed by atoms with van der Waals surface area (Å²) in [5, 5.41) is 2.76. The van der Waals surface area contributed by atoms with Gasteiger partial charge in [-0.15, -0.1) is 0 Å². The van der Waals surface area contributed by atoms with E-state index in [1.54, 1.807) is 52.2 Å². The van der Waals surface area contributed by atoms with Crippen molar-refractivity contribution < 1.29 is 27.1 Å². The number of ether oxygens (including phenoxy) is 1. The van der Waals surface area contributed by atoms with Crippen molar-refractivity contribution in [2.45, 2.75) is 38.1 Å². The van der Waals surface area contributed by atoms with Crippen LogP contribution >= 0.6 is 0 Å². The quantitative estimate of drug-likeness (QED) is 0.519. The zero-order chi connectivity index (χ0) is 25.5. The third kappa shape index (κ3) is 6.32. The van der Waals surface area contributed by atoms with Gasteiger partial charge in [0.25, 0.3) is 11.8 Å². The van der Waals surface area contributed by atoms with E-state index in [0.29, 0.717) is 17.7 Å². The molecule has 0 aliphatic rings. The summed E-state index contributed by atoms with van der Waals surface area (Å²) in [4.78, 5) is 26.2. The van der Waals surface area contributed by atoms with Crippen LogP contribution in [0.3, 0.4) is 0 Å². The lowest BCUT2D eigenvalue weighted by Crippen LogP contribution is -2.32.